The summed E-state index contributed by atoms with van der Waals surface area (Å²) in [5, 5.41) is 5.34. The average Bonchev–Trinajstić information content (AvgIpc) is 3.14. The molecule has 0 atom stereocenters. The van der Waals surface area contributed by atoms with Crippen molar-refractivity contribution in [2.24, 2.45) is 7.05 Å². The van der Waals surface area contributed by atoms with E-state index in [9.17, 15) is 8.42 Å². The Kier molecular flexibility index (Phi) is 4.86. The van der Waals surface area contributed by atoms with Gasteiger partial charge in [-0.3, -0.25) is 4.72 Å². The van der Waals surface area contributed by atoms with Crippen molar-refractivity contribution in [2.75, 3.05) is 4.72 Å². The molecule has 4 rings (SSSR count). The molecule has 0 aliphatic carbocycles. The molecule has 0 aliphatic rings. The zero-order chi connectivity index (χ0) is 21.5. The highest BCUT2D eigenvalue weighted by Gasteiger charge is 2.20. The van der Waals surface area contributed by atoms with Gasteiger partial charge < -0.3 is 0 Å². The molecular weight excluding hydrogens is 396 g/mol. The van der Waals surface area contributed by atoms with Crippen molar-refractivity contribution in [1.82, 2.24) is 9.78 Å². The molecule has 2 aromatic carbocycles. The van der Waals surface area contributed by atoms with E-state index >= 15 is 0 Å². The summed E-state index contributed by atoms with van der Waals surface area (Å²) in [7, 11) is -1.78. The lowest BCUT2D eigenvalue weighted by atomic mass is 9.87. The van der Waals surface area contributed by atoms with Gasteiger partial charge in [0, 0.05) is 18.2 Å². The van der Waals surface area contributed by atoms with Gasteiger partial charge in [-0.05, 0) is 35.2 Å². The number of hydrogen-bond acceptors (Lipinski definition) is 3. The monoisotopic (exact) mass is 421 g/mol. The van der Waals surface area contributed by atoms with Crippen molar-refractivity contribution in [3.63, 3.8) is 0 Å². The Bertz CT molecular complexity index is 1320. The maximum Gasteiger partial charge on any atom is 0.263 e. The molecule has 154 valence electrons. The van der Waals surface area contributed by atoms with E-state index in [1.54, 1.807) is 29.1 Å². The third kappa shape index (κ3) is 3.68. The Hall–Kier alpha value is -3.19. The zero-order valence-electron chi connectivity index (χ0n) is 17.5. The third-order valence-electron chi connectivity index (χ3n) is 5.15. The first kappa shape index (κ1) is 20.1. The minimum atomic E-state index is -3.75. The first-order chi connectivity index (χ1) is 14.2. The van der Waals surface area contributed by atoms with E-state index in [2.05, 4.69) is 30.6 Å². The summed E-state index contributed by atoms with van der Waals surface area (Å²) in [4.78, 5) is 0.215. The second kappa shape index (κ2) is 7.25. The van der Waals surface area contributed by atoms with E-state index in [0.717, 1.165) is 22.2 Å². The van der Waals surface area contributed by atoms with Gasteiger partial charge in [-0.25, -0.2) is 17.7 Å². The average molecular weight is 422 g/mol. The number of rotatable bonds is 4. The molecule has 2 heterocycles. The fraction of sp³-hybridized carbons (Fsp3) is 0.217. The van der Waals surface area contributed by atoms with Crippen LogP contribution in [0, 0.1) is 0 Å². The largest absolute Gasteiger partial charge is 0.263 e. The van der Waals surface area contributed by atoms with Gasteiger partial charge in [0.15, 0.2) is 6.20 Å². The highest BCUT2D eigenvalue weighted by atomic mass is 32.2. The van der Waals surface area contributed by atoms with Gasteiger partial charge in [0.25, 0.3) is 10.0 Å². The molecule has 0 saturated carbocycles. The maximum atomic E-state index is 13.0. The topological polar surface area (TPSA) is 67.9 Å². The number of nitrogens with one attached hydrogen (secondary N) is 1. The van der Waals surface area contributed by atoms with Crippen LogP contribution in [0.3, 0.4) is 0 Å². The van der Waals surface area contributed by atoms with Crippen LogP contribution in [0.5, 0.6) is 0 Å². The molecule has 0 amide bonds. The lowest BCUT2D eigenvalue weighted by Gasteiger charge is -2.19. The molecule has 4 aromatic rings. The molecule has 6 nitrogen and oxygen atoms in total. The number of nitrogens with zero attached hydrogens (tertiary/aromatic N) is 3. The molecule has 7 heteroatoms. The normalized spacial score (nSPS) is 12.3. The lowest BCUT2D eigenvalue weighted by molar-refractivity contribution is -0.644. The quantitative estimate of drug-likeness (QED) is 0.508. The van der Waals surface area contributed by atoms with Crippen LogP contribution in [0.25, 0.3) is 16.6 Å². The summed E-state index contributed by atoms with van der Waals surface area (Å²) < 4.78 is 32.3. The number of aromatic nitrogens is 3. The number of fused-ring (bicyclic) bond motifs is 1. The number of hydrogen-bond donors (Lipinski definition) is 1. The third-order valence-corrected chi connectivity index (χ3v) is 6.52. The smallest absolute Gasteiger partial charge is 0.263 e. The van der Waals surface area contributed by atoms with E-state index in [0.29, 0.717) is 5.82 Å². The summed E-state index contributed by atoms with van der Waals surface area (Å²) in [6, 6.07) is 18.5. The van der Waals surface area contributed by atoms with Crippen molar-refractivity contribution in [1.29, 1.82) is 0 Å². The van der Waals surface area contributed by atoms with Crippen LogP contribution in [-0.2, 0) is 22.5 Å². The second-order valence-electron chi connectivity index (χ2n) is 8.34. The summed E-state index contributed by atoms with van der Waals surface area (Å²) in [5.41, 5.74) is 2.86. The van der Waals surface area contributed by atoms with Gasteiger partial charge in [0.05, 0.1) is 22.2 Å². The Balaban J connectivity index is 1.72. The highest BCUT2D eigenvalue weighted by molar-refractivity contribution is 7.92. The fourth-order valence-corrected chi connectivity index (χ4v) is 4.50. The van der Waals surface area contributed by atoms with Crippen LogP contribution in [0.1, 0.15) is 26.3 Å². The Labute approximate surface area is 176 Å². The van der Waals surface area contributed by atoms with E-state index in [1.807, 2.05) is 60.3 Å². The molecule has 30 heavy (non-hydrogen) atoms. The molecule has 0 unspecified atom stereocenters. The van der Waals surface area contributed by atoms with Crippen LogP contribution in [-0.4, -0.2) is 18.2 Å². The molecular formula is C23H25N4O2S+. The highest BCUT2D eigenvalue weighted by Crippen LogP contribution is 2.26. The lowest BCUT2D eigenvalue weighted by Crippen LogP contribution is -2.28. The van der Waals surface area contributed by atoms with Crippen LogP contribution in [0.2, 0.25) is 0 Å². The summed E-state index contributed by atoms with van der Waals surface area (Å²) in [5.74, 6) is 0.383. The molecule has 0 spiro atoms. The molecule has 0 fully saturated rings. The van der Waals surface area contributed by atoms with Crippen molar-refractivity contribution in [3.05, 3.63) is 78.6 Å². The van der Waals surface area contributed by atoms with Crippen molar-refractivity contribution < 1.29 is 13.0 Å². The predicted molar refractivity (Wildman–Crippen MR) is 118 cm³/mol. The van der Waals surface area contributed by atoms with Crippen molar-refractivity contribution in [2.45, 2.75) is 31.1 Å². The number of aryl methyl sites for hydroxylation is 1. The molecule has 0 aliphatic heterocycles. The molecule has 1 N–H and O–H groups in total. The van der Waals surface area contributed by atoms with Gasteiger partial charge in [0.2, 0.25) is 5.52 Å². The zero-order valence-corrected chi connectivity index (χ0v) is 18.3. The first-order valence-electron chi connectivity index (χ1n) is 9.72. The summed E-state index contributed by atoms with van der Waals surface area (Å²) in [6.45, 7) is 6.28. The minimum Gasteiger partial charge on any atom is -0.263 e. The standard InChI is InChI=1S/C23H25N4O2S/c1-23(2,3)17-10-12-18(13-11-17)30(28,29)25-22-14-15-24-27(22)21-9-5-8-20-19(21)7-6-16-26(20)4/h5-16,25H,1-4H3/q+1. The molecule has 0 saturated heterocycles. The maximum absolute atomic E-state index is 13.0. The van der Waals surface area contributed by atoms with Crippen LogP contribution in [0.15, 0.2) is 78.0 Å². The van der Waals surface area contributed by atoms with Gasteiger partial charge in [-0.1, -0.05) is 39.0 Å². The van der Waals surface area contributed by atoms with E-state index in [-0.39, 0.29) is 10.3 Å². The van der Waals surface area contributed by atoms with Crippen LogP contribution >= 0.6 is 0 Å². The molecule has 2 aromatic heterocycles. The Morgan fingerprint density at radius 2 is 1.70 bits per heavy atom. The summed E-state index contributed by atoms with van der Waals surface area (Å²) in [6.07, 6.45) is 3.56. The molecule has 0 radical (unpaired) electrons. The SMILES string of the molecule is C[n+]1cccc2c(-n3nccc3NS(=O)(=O)c3ccc(C(C)(C)C)cc3)cccc21. The molecule has 0 bridgehead atoms. The number of sulfonamides is 1. The fourth-order valence-electron chi connectivity index (χ4n) is 3.46. The first-order valence-corrected chi connectivity index (χ1v) is 11.2. The number of benzene rings is 2. The summed E-state index contributed by atoms with van der Waals surface area (Å²) >= 11 is 0. The number of pyridine rings is 1. The Morgan fingerprint density at radius 1 is 0.967 bits per heavy atom. The van der Waals surface area contributed by atoms with Crippen molar-refractivity contribution in [3.8, 4) is 5.69 Å². The second-order valence-corrected chi connectivity index (χ2v) is 10.0. The van der Waals surface area contributed by atoms with Crippen LogP contribution < -0.4 is 9.29 Å². The predicted octanol–water partition coefficient (Wildman–Crippen LogP) is 3.95. The van der Waals surface area contributed by atoms with E-state index in [1.165, 1.54) is 0 Å². The van der Waals surface area contributed by atoms with Crippen molar-refractivity contribution >= 4 is 26.7 Å². The minimum absolute atomic E-state index is 0.0428. The van der Waals surface area contributed by atoms with E-state index in [4.69, 9.17) is 0 Å². The van der Waals surface area contributed by atoms with Gasteiger partial charge in [-0.2, -0.15) is 5.10 Å². The van der Waals surface area contributed by atoms with Crippen LogP contribution in [0.4, 0.5) is 5.82 Å². The van der Waals surface area contributed by atoms with Gasteiger partial charge in [-0.15, -0.1) is 0 Å². The van der Waals surface area contributed by atoms with E-state index < -0.39 is 10.0 Å². The number of anilines is 1. The Morgan fingerprint density at radius 3 is 2.40 bits per heavy atom. The van der Waals surface area contributed by atoms with Gasteiger partial charge >= 0.3 is 0 Å². The van der Waals surface area contributed by atoms with Gasteiger partial charge in [0.1, 0.15) is 12.9 Å².